The number of rotatable bonds is 4. The molecule has 2 N–H and O–H groups in total. The van der Waals surface area contributed by atoms with E-state index < -0.39 is 0 Å². The predicted molar refractivity (Wildman–Crippen MR) is 125 cm³/mol. The van der Waals surface area contributed by atoms with Crippen LogP contribution in [0.3, 0.4) is 0 Å². The molecule has 1 heterocycles. The quantitative estimate of drug-likeness (QED) is 0.456. The minimum Gasteiger partial charge on any atom is -0.377 e. The van der Waals surface area contributed by atoms with E-state index in [1.807, 2.05) is 42.5 Å². The molecule has 1 amide bonds. The smallest absolute Gasteiger partial charge is 0.253 e. The van der Waals surface area contributed by atoms with Crippen LogP contribution >= 0.6 is 15.9 Å². The largest absolute Gasteiger partial charge is 0.377 e. The van der Waals surface area contributed by atoms with Crippen molar-refractivity contribution in [3.63, 3.8) is 0 Å². The molecule has 3 aromatic rings. The summed E-state index contributed by atoms with van der Waals surface area (Å²) in [7, 11) is 0. The molecule has 30 heavy (non-hydrogen) atoms. The third-order valence-electron chi connectivity index (χ3n) is 6.17. The fourth-order valence-electron chi connectivity index (χ4n) is 4.68. The zero-order valence-corrected chi connectivity index (χ0v) is 18.1. The number of hydrogen-bond donors (Lipinski definition) is 2. The molecule has 0 radical (unpaired) electrons. The van der Waals surface area contributed by atoms with Crippen molar-refractivity contribution in [2.75, 3.05) is 5.32 Å². The van der Waals surface area contributed by atoms with Crippen LogP contribution in [0.5, 0.6) is 0 Å². The molecule has 0 fully saturated rings. The minimum absolute atomic E-state index is 0.0433. The first-order valence-corrected chi connectivity index (χ1v) is 11.1. The number of benzene rings is 3. The SMILES string of the molecule is O=C(NCc1ccccc1)c1cccc2c1NC(c1ccc(Br)cc1)C1CC=CC21. The topological polar surface area (TPSA) is 41.1 Å². The van der Waals surface area contributed by atoms with Gasteiger partial charge in [-0.2, -0.15) is 0 Å². The second-order valence-electron chi connectivity index (χ2n) is 7.97. The van der Waals surface area contributed by atoms with Gasteiger partial charge in [-0.05, 0) is 47.2 Å². The number of allylic oxidation sites excluding steroid dienone is 2. The maximum Gasteiger partial charge on any atom is 0.253 e. The van der Waals surface area contributed by atoms with Gasteiger partial charge in [-0.1, -0.05) is 82.7 Å². The van der Waals surface area contributed by atoms with Gasteiger partial charge in [0.15, 0.2) is 0 Å². The second-order valence-corrected chi connectivity index (χ2v) is 8.88. The Morgan fingerprint density at radius 2 is 1.80 bits per heavy atom. The van der Waals surface area contributed by atoms with E-state index in [9.17, 15) is 4.79 Å². The molecule has 0 bridgehead atoms. The van der Waals surface area contributed by atoms with Crippen LogP contribution in [0, 0.1) is 5.92 Å². The number of fused-ring (bicyclic) bond motifs is 3. The van der Waals surface area contributed by atoms with Gasteiger partial charge in [0.05, 0.1) is 17.3 Å². The van der Waals surface area contributed by atoms with Gasteiger partial charge >= 0.3 is 0 Å². The molecule has 1 aliphatic carbocycles. The summed E-state index contributed by atoms with van der Waals surface area (Å²) in [6.45, 7) is 0.519. The highest BCUT2D eigenvalue weighted by Gasteiger charge is 2.39. The van der Waals surface area contributed by atoms with E-state index in [1.54, 1.807) is 0 Å². The highest BCUT2D eigenvalue weighted by atomic mass is 79.9. The highest BCUT2D eigenvalue weighted by molar-refractivity contribution is 9.10. The number of carbonyl (C=O) groups is 1. The first-order valence-electron chi connectivity index (χ1n) is 10.3. The summed E-state index contributed by atoms with van der Waals surface area (Å²) >= 11 is 3.53. The summed E-state index contributed by atoms with van der Waals surface area (Å²) in [5.74, 6) is 0.747. The van der Waals surface area contributed by atoms with E-state index >= 15 is 0 Å². The molecule has 3 nitrogen and oxygen atoms in total. The van der Waals surface area contributed by atoms with Crippen molar-refractivity contribution in [1.82, 2.24) is 5.32 Å². The van der Waals surface area contributed by atoms with Crippen LogP contribution in [0.25, 0.3) is 0 Å². The van der Waals surface area contributed by atoms with E-state index in [2.05, 4.69) is 69.0 Å². The zero-order valence-electron chi connectivity index (χ0n) is 16.5. The van der Waals surface area contributed by atoms with Crippen molar-refractivity contribution in [1.29, 1.82) is 0 Å². The number of para-hydroxylation sites is 1. The maximum atomic E-state index is 13.1. The lowest BCUT2D eigenvalue weighted by atomic mass is 9.76. The molecule has 3 aromatic carbocycles. The van der Waals surface area contributed by atoms with Crippen molar-refractivity contribution in [3.05, 3.63) is 112 Å². The van der Waals surface area contributed by atoms with Crippen molar-refractivity contribution in [2.24, 2.45) is 5.92 Å². The minimum atomic E-state index is -0.0433. The molecule has 3 unspecified atom stereocenters. The molecule has 0 aromatic heterocycles. The van der Waals surface area contributed by atoms with Crippen LogP contribution in [-0.2, 0) is 6.54 Å². The van der Waals surface area contributed by atoms with E-state index in [0.717, 1.165) is 22.1 Å². The number of carbonyl (C=O) groups excluding carboxylic acids is 1. The Hall–Kier alpha value is -2.85. The molecule has 0 saturated heterocycles. The van der Waals surface area contributed by atoms with Crippen LogP contribution < -0.4 is 10.6 Å². The fraction of sp³-hybridized carbons (Fsp3) is 0.192. The summed E-state index contributed by atoms with van der Waals surface area (Å²) in [5, 5.41) is 6.82. The third kappa shape index (κ3) is 3.56. The Morgan fingerprint density at radius 1 is 1.00 bits per heavy atom. The van der Waals surface area contributed by atoms with Crippen molar-refractivity contribution in [2.45, 2.75) is 24.9 Å². The molecule has 5 rings (SSSR count). The molecular formula is C26H23BrN2O. The lowest BCUT2D eigenvalue weighted by Gasteiger charge is -2.38. The molecule has 2 aliphatic rings. The lowest BCUT2D eigenvalue weighted by molar-refractivity contribution is 0.0951. The fourth-order valence-corrected chi connectivity index (χ4v) is 4.95. The van der Waals surface area contributed by atoms with E-state index in [0.29, 0.717) is 23.9 Å². The maximum absolute atomic E-state index is 13.1. The predicted octanol–water partition coefficient (Wildman–Crippen LogP) is 6.21. The molecule has 3 atom stereocenters. The van der Waals surface area contributed by atoms with Crippen molar-refractivity contribution in [3.8, 4) is 0 Å². The molecular weight excluding hydrogens is 436 g/mol. The van der Waals surface area contributed by atoms with E-state index in [-0.39, 0.29) is 11.9 Å². The number of amides is 1. The monoisotopic (exact) mass is 458 g/mol. The summed E-state index contributed by atoms with van der Waals surface area (Å²) in [5.41, 5.74) is 5.24. The van der Waals surface area contributed by atoms with Gasteiger partial charge in [0.25, 0.3) is 5.91 Å². The Kier molecular flexibility index (Phi) is 5.17. The first kappa shape index (κ1) is 19.1. The lowest BCUT2D eigenvalue weighted by Crippen LogP contribution is -2.32. The van der Waals surface area contributed by atoms with Gasteiger partial charge < -0.3 is 10.6 Å². The van der Waals surface area contributed by atoms with E-state index in [1.165, 1.54) is 11.1 Å². The third-order valence-corrected chi connectivity index (χ3v) is 6.70. The van der Waals surface area contributed by atoms with Crippen LogP contribution in [0.15, 0.2) is 89.4 Å². The van der Waals surface area contributed by atoms with Gasteiger partial charge in [0, 0.05) is 16.9 Å². The second kappa shape index (κ2) is 8.11. The summed E-state index contributed by atoms with van der Waals surface area (Å²) in [6, 6.07) is 24.8. The number of halogens is 1. The van der Waals surface area contributed by atoms with Gasteiger partial charge in [0.1, 0.15) is 0 Å². The summed E-state index contributed by atoms with van der Waals surface area (Å²) in [6.07, 6.45) is 5.63. The van der Waals surface area contributed by atoms with Gasteiger partial charge in [0.2, 0.25) is 0 Å². The van der Waals surface area contributed by atoms with E-state index in [4.69, 9.17) is 0 Å². The molecule has 150 valence electrons. The van der Waals surface area contributed by atoms with Gasteiger partial charge in [-0.3, -0.25) is 4.79 Å². The Bertz CT molecular complexity index is 1090. The highest BCUT2D eigenvalue weighted by Crippen LogP contribution is 2.50. The van der Waals surface area contributed by atoms with Gasteiger partial charge in [-0.15, -0.1) is 0 Å². The molecule has 0 spiro atoms. The van der Waals surface area contributed by atoms with Crippen LogP contribution in [0.4, 0.5) is 5.69 Å². The molecule has 0 saturated carbocycles. The van der Waals surface area contributed by atoms with Crippen molar-refractivity contribution >= 4 is 27.5 Å². The van der Waals surface area contributed by atoms with Gasteiger partial charge in [-0.25, -0.2) is 0 Å². The molecule has 4 heteroatoms. The zero-order chi connectivity index (χ0) is 20.5. The molecule has 1 aliphatic heterocycles. The van der Waals surface area contributed by atoms with Crippen LogP contribution in [0.1, 0.15) is 45.4 Å². The average molecular weight is 459 g/mol. The Morgan fingerprint density at radius 3 is 2.60 bits per heavy atom. The Balaban J connectivity index is 1.47. The van der Waals surface area contributed by atoms with Crippen molar-refractivity contribution < 1.29 is 4.79 Å². The summed E-state index contributed by atoms with van der Waals surface area (Å²) < 4.78 is 1.07. The average Bonchev–Trinajstić information content (AvgIpc) is 3.28. The standard InChI is InChI=1S/C26H23BrN2O/c27-19-14-12-18(13-15-19)24-21-9-4-8-20(21)22-10-5-11-23(25(22)29-24)26(30)28-16-17-6-2-1-3-7-17/h1-8,10-15,20-21,24,29H,9,16H2,(H,28,30). The van der Waals surface area contributed by atoms with Crippen LogP contribution in [0.2, 0.25) is 0 Å². The summed E-state index contributed by atoms with van der Waals surface area (Å²) in [4.78, 5) is 13.1. The normalized spacial score (nSPS) is 21.4. The first-order chi connectivity index (χ1) is 14.7. The number of anilines is 1. The number of nitrogens with one attached hydrogen (secondary N) is 2. The number of hydrogen-bond acceptors (Lipinski definition) is 2. The van der Waals surface area contributed by atoms with Crippen LogP contribution in [-0.4, -0.2) is 5.91 Å². The Labute approximate surface area is 185 Å².